The van der Waals surface area contributed by atoms with Crippen LogP contribution >= 0.6 is 0 Å². The van der Waals surface area contributed by atoms with Crippen LogP contribution in [0, 0.1) is 0 Å². The highest BCUT2D eigenvalue weighted by Gasteiger charge is 2.32. The standard InChI is InChI=1S/C21H20N4O/c26-20-12-18(15-7-9-22-10-8-15)23-21-19(6-3-11-25(20)21)24-13-16-4-1-2-5-17(16)14-24/h1-2,4-5,7-10,12,19H,3,6,11,13-14H2. The predicted molar refractivity (Wildman–Crippen MR) is 99.4 cm³/mol. The number of nitrogens with zero attached hydrogens (tertiary/aromatic N) is 4. The number of benzene rings is 1. The lowest BCUT2D eigenvalue weighted by Gasteiger charge is -2.32. The van der Waals surface area contributed by atoms with Crippen LogP contribution in [0.3, 0.4) is 0 Å². The summed E-state index contributed by atoms with van der Waals surface area (Å²) in [6.07, 6.45) is 5.53. The Hall–Kier alpha value is -2.79. The van der Waals surface area contributed by atoms with Crippen LogP contribution in [0.5, 0.6) is 0 Å². The van der Waals surface area contributed by atoms with Crippen molar-refractivity contribution >= 4 is 0 Å². The Morgan fingerprint density at radius 2 is 1.73 bits per heavy atom. The highest BCUT2D eigenvalue weighted by molar-refractivity contribution is 5.57. The Kier molecular flexibility index (Phi) is 3.68. The molecule has 2 aromatic heterocycles. The molecule has 2 aliphatic rings. The maximum Gasteiger partial charge on any atom is 0.254 e. The Bertz CT molecular complexity index is 987. The molecule has 3 aromatic rings. The van der Waals surface area contributed by atoms with Crippen molar-refractivity contribution in [2.24, 2.45) is 0 Å². The van der Waals surface area contributed by atoms with Gasteiger partial charge in [-0.1, -0.05) is 24.3 Å². The summed E-state index contributed by atoms with van der Waals surface area (Å²) in [5, 5.41) is 0. The fourth-order valence-electron chi connectivity index (χ4n) is 4.17. The molecule has 1 unspecified atom stereocenters. The van der Waals surface area contributed by atoms with Gasteiger partial charge >= 0.3 is 0 Å². The molecule has 0 radical (unpaired) electrons. The molecule has 5 heteroatoms. The second-order valence-corrected chi connectivity index (χ2v) is 7.06. The quantitative estimate of drug-likeness (QED) is 0.717. The van der Waals surface area contributed by atoms with Crippen LogP contribution in [0.2, 0.25) is 0 Å². The molecular formula is C21H20N4O. The molecule has 2 aliphatic heterocycles. The van der Waals surface area contributed by atoms with E-state index in [4.69, 9.17) is 4.98 Å². The van der Waals surface area contributed by atoms with E-state index < -0.39 is 0 Å². The molecule has 1 atom stereocenters. The summed E-state index contributed by atoms with van der Waals surface area (Å²) in [6.45, 7) is 2.61. The van der Waals surface area contributed by atoms with E-state index in [9.17, 15) is 4.79 Å². The minimum atomic E-state index is 0.0447. The third-order valence-electron chi connectivity index (χ3n) is 5.48. The van der Waals surface area contributed by atoms with Crippen LogP contribution in [-0.4, -0.2) is 19.4 Å². The van der Waals surface area contributed by atoms with Gasteiger partial charge in [-0.3, -0.25) is 19.2 Å². The lowest BCUT2D eigenvalue weighted by atomic mass is 10.0. The van der Waals surface area contributed by atoms with E-state index in [0.29, 0.717) is 0 Å². The summed E-state index contributed by atoms with van der Waals surface area (Å²) >= 11 is 0. The minimum absolute atomic E-state index is 0.0447. The first kappa shape index (κ1) is 15.5. The van der Waals surface area contributed by atoms with Gasteiger partial charge in [-0.15, -0.1) is 0 Å². The van der Waals surface area contributed by atoms with Crippen molar-refractivity contribution in [1.29, 1.82) is 0 Å². The largest absolute Gasteiger partial charge is 0.295 e. The average molecular weight is 344 g/mol. The average Bonchev–Trinajstić information content (AvgIpc) is 3.12. The van der Waals surface area contributed by atoms with Crippen molar-refractivity contribution in [3.8, 4) is 11.3 Å². The normalized spacial score (nSPS) is 19.2. The predicted octanol–water partition coefficient (Wildman–Crippen LogP) is 3.16. The van der Waals surface area contributed by atoms with E-state index in [1.165, 1.54) is 11.1 Å². The molecule has 0 saturated carbocycles. The van der Waals surface area contributed by atoms with Gasteiger partial charge in [0.15, 0.2) is 0 Å². The van der Waals surface area contributed by atoms with Crippen molar-refractivity contribution < 1.29 is 0 Å². The summed E-state index contributed by atoms with van der Waals surface area (Å²) in [4.78, 5) is 24.2. The molecule has 0 N–H and O–H groups in total. The van der Waals surface area contributed by atoms with Gasteiger partial charge in [-0.05, 0) is 36.1 Å². The lowest BCUT2D eigenvalue weighted by Crippen LogP contribution is -2.36. The first-order valence-electron chi connectivity index (χ1n) is 9.12. The van der Waals surface area contributed by atoms with Crippen molar-refractivity contribution in [3.63, 3.8) is 0 Å². The number of fused-ring (bicyclic) bond motifs is 2. The Morgan fingerprint density at radius 1 is 1.00 bits per heavy atom. The summed E-state index contributed by atoms with van der Waals surface area (Å²) in [6, 6.07) is 14.2. The fraction of sp³-hybridized carbons (Fsp3) is 0.286. The van der Waals surface area contributed by atoms with Crippen LogP contribution in [-0.2, 0) is 19.6 Å². The van der Waals surface area contributed by atoms with Crippen LogP contribution < -0.4 is 5.56 Å². The van der Waals surface area contributed by atoms with Crippen molar-refractivity contribution in [3.05, 3.63) is 82.2 Å². The topological polar surface area (TPSA) is 51.0 Å². The summed E-state index contributed by atoms with van der Waals surface area (Å²) in [5.41, 5.74) is 4.50. The summed E-state index contributed by atoms with van der Waals surface area (Å²) in [7, 11) is 0. The van der Waals surface area contributed by atoms with Gasteiger partial charge in [0.25, 0.3) is 5.56 Å². The van der Waals surface area contributed by atoms with Crippen LogP contribution in [0.25, 0.3) is 11.3 Å². The van der Waals surface area contributed by atoms with Crippen molar-refractivity contribution in [1.82, 2.24) is 19.4 Å². The number of rotatable bonds is 2. The molecule has 130 valence electrons. The lowest BCUT2D eigenvalue weighted by molar-refractivity contribution is 0.157. The molecular weight excluding hydrogens is 324 g/mol. The second-order valence-electron chi connectivity index (χ2n) is 7.06. The van der Waals surface area contributed by atoms with E-state index in [-0.39, 0.29) is 11.6 Å². The van der Waals surface area contributed by atoms with E-state index >= 15 is 0 Å². The third kappa shape index (κ3) is 2.56. The van der Waals surface area contributed by atoms with E-state index in [0.717, 1.165) is 49.6 Å². The van der Waals surface area contributed by atoms with Gasteiger partial charge in [0.05, 0.1) is 11.7 Å². The zero-order valence-electron chi connectivity index (χ0n) is 14.5. The van der Waals surface area contributed by atoms with Gasteiger partial charge in [-0.2, -0.15) is 0 Å². The minimum Gasteiger partial charge on any atom is -0.295 e. The fourth-order valence-corrected chi connectivity index (χ4v) is 4.17. The third-order valence-corrected chi connectivity index (χ3v) is 5.48. The zero-order valence-corrected chi connectivity index (χ0v) is 14.5. The molecule has 0 saturated heterocycles. The summed E-state index contributed by atoms with van der Waals surface area (Å²) < 4.78 is 1.86. The molecule has 0 fully saturated rings. The molecule has 0 amide bonds. The molecule has 0 aliphatic carbocycles. The molecule has 0 spiro atoms. The smallest absolute Gasteiger partial charge is 0.254 e. The Labute approximate surface area is 152 Å². The zero-order chi connectivity index (χ0) is 17.5. The van der Waals surface area contributed by atoms with E-state index in [1.54, 1.807) is 18.5 Å². The molecule has 26 heavy (non-hydrogen) atoms. The number of pyridine rings is 1. The van der Waals surface area contributed by atoms with Crippen LogP contribution in [0.4, 0.5) is 0 Å². The number of aromatic nitrogens is 3. The maximum absolute atomic E-state index is 12.7. The van der Waals surface area contributed by atoms with Gasteiger partial charge in [0.1, 0.15) is 5.82 Å². The Balaban J connectivity index is 1.56. The number of hydrogen-bond donors (Lipinski definition) is 0. The van der Waals surface area contributed by atoms with Gasteiger partial charge in [0, 0.05) is 43.7 Å². The highest BCUT2D eigenvalue weighted by atomic mass is 16.1. The van der Waals surface area contributed by atoms with E-state index in [1.807, 2.05) is 16.7 Å². The van der Waals surface area contributed by atoms with Crippen LogP contribution in [0.1, 0.15) is 35.8 Å². The second kappa shape index (κ2) is 6.18. The maximum atomic E-state index is 12.7. The van der Waals surface area contributed by atoms with Crippen molar-refractivity contribution in [2.45, 2.75) is 38.5 Å². The monoisotopic (exact) mass is 344 g/mol. The molecule has 4 heterocycles. The van der Waals surface area contributed by atoms with Crippen LogP contribution in [0.15, 0.2) is 59.7 Å². The van der Waals surface area contributed by atoms with Gasteiger partial charge in [-0.25, -0.2) is 4.98 Å². The molecule has 1 aromatic carbocycles. The highest BCUT2D eigenvalue weighted by Crippen LogP contribution is 2.35. The Morgan fingerprint density at radius 3 is 2.46 bits per heavy atom. The molecule has 5 rings (SSSR count). The summed E-state index contributed by atoms with van der Waals surface area (Å²) in [5.74, 6) is 0.906. The first-order chi connectivity index (χ1) is 12.8. The van der Waals surface area contributed by atoms with E-state index in [2.05, 4.69) is 34.1 Å². The first-order valence-corrected chi connectivity index (χ1v) is 9.12. The van der Waals surface area contributed by atoms with Gasteiger partial charge < -0.3 is 0 Å². The van der Waals surface area contributed by atoms with Crippen molar-refractivity contribution in [2.75, 3.05) is 0 Å². The molecule has 0 bridgehead atoms. The number of hydrogen-bond acceptors (Lipinski definition) is 4. The SMILES string of the molecule is O=c1cc(-c2ccncc2)nc2n1CCCC2N1Cc2ccccc2C1. The molecule has 5 nitrogen and oxygen atoms in total. The van der Waals surface area contributed by atoms with Gasteiger partial charge in [0.2, 0.25) is 0 Å².